The molecule has 1 nitrogen and oxygen atoms in total. The van der Waals surface area contributed by atoms with Crippen molar-refractivity contribution in [2.75, 3.05) is 0 Å². The molecule has 0 spiro atoms. The number of rotatable bonds is 6. The van der Waals surface area contributed by atoms with Crippen LogP contribution in [-0.4, -0.2) is 5.78 Å². The second kappa shape index (κ2) is 7.04. The Morgan fingerprint density at radius 2 is 1.65 bits per heavy atom. The molecule has 1 heteroatoms. The summed E-state index contributed by atoms with van der Waals surface area (Å²) in [6, 6.07) is 18.3. The van der Waals surface area contributed by atoms with Gasteiger partial charge < -0.3 is 0 Å². The Hall–Kier alpha value is -1.89. The van der Waals surface area contributed by atoms with E-state index < -0.39 is 0 Å². The smallest absolute Gasteiger partial charge is 0.163 e. The highest BCUT2D eigenvalue weighted by Crippen LogP contribution is 2.19. The Labute approximate surface area is 121 Å². The van der Waals surface area contributed by atoms with Crippen molar-refractivity contribution in [1.82, 2.24) is 0 Å². The summed E-state index contributed by atoms with van der Waals surface area (Å²) in [5.74, 6) is 0.785. The van der Waals surface area contributed by atoms with Crippen molar-refractivity contribution in [3.63, 3.8) is 0 Å². The fraction of sp³-hybridized carbons (Fsp3) is 0.316. The maximum Gasteiger partial charge on any atom is 0.163 e. The van der Waals surface area contributed by atoms with E-state index in [4.69, 9.17) is 0 Å². The average Bonchev–Trinajstić information content (AvgIpc) is 2.53. The molecule has 0 N–H and O–H groups in total. The van der Waals surface area contributed by atoms with Crippen LogP contribution in [0, 0.1) is 0 Å². The number of Topliss-reactive ketones (excluding diaryl/α,β-unsaturated/α-hetero) is 1. The first-order valence-corrected chi connectivity index (χ1v) is 7.37. The van der Waals surface area contributed by atoms with Crippen molar-refractivity contribution in [1.29, 1.82) is 0 Å². The fourth-order valence-electron chi connectivity index (χ4n) is 2.28. The van der Waals surface area contributed by atoms with Crippen LogP contribution in [-0.2, 0) is 6.42 Å². The van der Waals surface area contributed by atoms with Crippen LogP contribution in [0.1, 0.15) is 54.1 Å². The molecule has 2 aromatic rings. The zero-order valence-electron chi connectivity index (χ0n) is 12.3. The molecule has 104 valence electrons. The molecule has 0 heterocycles. The summed E-state index contributed by atoms with van der Waals surface area (Å²) in [6.07, 6.45) is 2.51. The topological polar surface area (TPSA) is 17.1 Å². The molecule has 0 aromatic heterocycles. The third-order valence-corrected chi connectivity index (χ3v) is 3.90. The van der Waals surface area contributed by atoms with E-state index in [-0.39, 0.29) is 5.78 Å². The van der Waals surface area contributed by atoms with Gasteiger partial charge in [-0.05, 0) is 29.9 Å². The van der Waals surface area contributed by atoms with E-state index in [2.05, 4.69) is 38.1 Å². The summed E-state index contributed by atoms with van der Waals surface area (Å²) in [7, 11) is 0. The number of ketones is 1. The number of aryl methyl sites for hydroxylation is 1. The second-order valence-electron chi connectivity index (χ2n) is 5.34. The normalized spacial score (nSPS) is 12.1. The molecule has 0 saturated heterocycles. The quantitative estimate of drug-likeness (QED) is 0.671. The lowest BCUT2D eigenvalue weighted by atomic mass is 9.96. The van der Waals surface area contributed by atoms with Gasteiger partial charge in [0.2, 0.25) is 0 Å². The SMILES string of the molecule is CCC(C)c1ccc(C(=O)CCc2ccccc2)cc1. The van der Waals surface area contributed by atoms with Crippen LogP contribution >= 0.6 is 0 Å². The highest BCUT2D eigenvalue weighted by atomic mass is 16.1. The molecule has 0 radical (unpaired) electrons. The van der Waals surface area contributed by atoms with Crippen LogP contribution < -0.4 is 0 Å². The van der Waals surface area contributed by atoms with Crippen LogP contribution in [0.4, 0.5) is 0 Å². The van der Waals surface area contributed by atoms with Gasteiger partial charge in [0.25, 0.3) is 0 Å². The van der Waals surface area contributed by atoms with Crippen LogP contribution in [0.5, 0.6) is 0 Å². The Bertz CT molecular complexity index is 540. The molecule has 0 aliphatic heterocycles. The first kappa shape index (κ1) is 14.5. The summed E-state index contributed by atoms with van der Waals surface area (Å²) in [5.41, 5.74) is 3.36. The minimum Gasteiger partial charge on any atom is -0.294 e. The van der Waals surface area contributed by atoms with Gasteiger partial charge in [0.1, 0.15) is 0 Å². The van der Waals surface area contributed by atoms with E-state index in [0.717, 1.165) is 18.4 Å². The van der Waals surface area contributed by atoms with Crippen molar-refractivity contribution < 1.29 is 4.79 Å². The lowest BCUT2D eigenvalue weighted by Gasteiger charge is -2.09. The standard InChI is InChI=1S/C19H22O/c1-3-15(2)17-10-12-18(13-11-17)19(20)14-9-16-7-5-4-6-8-16/h4-8,10-13,15H,3,9,14H2,1-2H3. The van der Waals surface area contributed by atoms with E-state index in [1.54, 1.807) is 0 Å². The summed E-state index contributed by atoms with van der Waals surface area (Å²) < 4.78 is 0. The Morgan fingerprint density at radius 3 is 2.25 bits per heavy atom. The minimum absolute atomic E-state index is 0.226. The predicted octanol–water partition coefficient (Wildman–Crippen LogP) is 5.02. The average molecular weight is 266 g/mol. The van der Waals surface area contributed by atoms with Gasteiger partial charge in [-0.25, -0.2) is 0 Å². The molecule has 0 aliphatic rings. The largest absolute Gasteiger partial charge is 0.294 e. The molecule has 1 unspecified atom stereocenters. The molecule has 1 atom stereocenters. The van der Waals surface area contributed by atoms with Gasteiger partial charge in [0.05, 0.1) is 0 Å². The van der Waals surface area contributed by atoms with Crippen molar-refractivity contribution in [3.05, 3.63) is 71.3 Å². The Kier molecular flexibility index (Phi) is 5.11. The van der Waals surface area contributed by atoms with Crippen LogP contribution in [0.2, 0.25) is 0 Å². The second-order valence-corrected chi connectivity index (χ2v) is 5.34. The molecular weight excluding hydrogens is 244 g/mol. The zero-order valence-corrected chi connectivity index (χ0v) is 12.3. The molecule has 0 fully saturated rings. The molecule has 0 bridgehead atoms. The number of hydrogen-bond donors (Lipinski definition) is 0. The van der Waals surface area contributed by atoms with Crippen LogP contribution in [0.25, 0.3) is 0 Å². The molecule has 0 saturated carbocycles. The highest BCUT2D eigenvalue weighted by molar-refractivity contribution is 5.96. The van der Waals surface area contributed by atoms with Gasteiger partial charge >= 0.3 is 0 Å². The Morgan fingerprint density at radius 1 is 1.00 bits per heavy atom. The van der Waals surface area contributed by atoms with E-state index >= 15 is 0 Å². The Balaban J connectivity index is 1.96. The van der Waals surface area contributed by atoms with Crippen molar-refractivity contribution in [2.45, 2.75) is 39.0 Å². The first-order valence-electron chi connectivity index (χ1n) is 7.37. The minimum atomic E-state index is 0.226. The molecule has 2 rings (SSSR count). The van der Waals surface area contributed by atoms with E-state index in [9.17, 15) is 4.79 Å². The number of carbonyl (C=O) groups excluding carboxylic acids is 1. The lowest BCUT2D eigenvalue weighted by Crippen LogP contribution is -2.02. The van der Waals surface area contributed by atoms with E-state index in [0.29, 0.717) is 12.3 Å². The van der Waals surface area contributed by atoms with Crippen molar-refractivity contribution in [2.24, 2.45) is 0 Å². The molecular formula is C19H22O. The molecule has 0 amide bonds. The van der Waals surface area contributed by atoms with Crippen LogP contribution in [0.15, 0.2) is 54.6 Å². The summed E-state index contributed by atoms with van der Waals surface area (Å²) >= 11 is 0. The van der Waals surface area contributed by atoms with Gasteiger partial charge in [-0.2, -0.15) is 0 Å². The van der Waals surface area contributed by atoms with Crippen LogP contribution in [0.3, 0.4) is 0 Å². The molecule has 0 aliphatic carbocycles. The number of hydrogen-bond acceptors (Lipinski definition) is 1. The summed E-state index contributed by atoms with van der Waals surface area (Å²) in [4.78, 5) is 12.2. The third-order valence-electron chi connectivity index (χ3n) is 3.90. The van der Waals surface area contributed by atoms with Gasteiger partial charge in [0, 0.05) is 12.0 Å². The summed E-state index contributed by atoms with van der Waals surface area (Å²) in [5, 5.41) is 0. The first-order chi connectivity index (χ1) is 9.70. The highest BCUT2D eigenvalue weighted by Gasteiger charge is 2.08. The zero-order chi connectivity index (χ0) is 14.4. The maximum atomic E-state index is 12.2. The lowest BCUT2D eigenvalue weighted by molar-refractivity contribution is 0.0983. The third kappa shape index (κ3) is 3.80. The number of benzene rings is 2. The van der Waals surface area contributed by atoms with Gasteiger partial charge in [0.15, 0.2) is 5.78 Å². The number of carbonyl (C=O) groups is 1. The molecule has 2 aromatic carbocycles. The van der Waals surface area contributed by atoms with Gasteiger partial charge in [-0.3, -0.25) is 4.79 Å². The van der Waals surface area contributed by atoms with E-state index in [1.807, 2.05) is 30.3 Å². The van der Waals surface area contributed by atoms with Gasteiger partial charge in [-0.15, -0.1) is 0 Å². The predicted molar refractivity (Wildman–Crippen MR) is 84.2 cm³/mol. The monoisotopic (exact) mass is 266 g/mol. The van der Waals surface area contributed by atoms with Gasteiger partial charge in [-0.1, -0.05) is 68.4 Å². The maximum absolute atomic E-state index is 12.2. The summed E-state index contributed by atoms with van der Waals surface area (Å²) in [6.45, 7) is 4.40. The van der Waals surface area contributed by atoms with E-state index in [1.165, 1.54) is 11.1 Å². The molecule has 20 heavy (non-hydrogen) atoms. The fourth-order valence-corrected chi connectivity index (χ4v) is 2.28. The van der Waals surface area contributed by atoms with Crippen molar-refractivity contribution >= 4 is 5.78 Å². The van der Waals surface area contributed by atoms with Crippen molar-refractivity contribution in [3.8, 4) is 0 Å².